The lowest BCUT2D eigenvalue weighted by atomic mass is 9.72. The highest BCUT2D eigenvalue weighted by atomic mass is 15.0. The Kier molecular flexibility index (Phi) is 4.86. The normalized spacial score (nSPS) is 15.5. The Balaban J connectivity index is 1.26. The largest absolute Gasteiger partial charge is 0.309 e. The number of hydrogen-bond acceptors (Lipinski definition) is 0. The molecule has 2 heteroatoms. The number of rotatable bonds is 2. The summed E-state index contributed by atoms with van der Waals surface area (Å²) in [6.07, 6.45) is 7.91. The fourth-order valence-electron chi connectivity index (χ4n) is 7.97. The molecule has 0 fully saturated rings. The minimum atomic E-state index is 0.369. The van der Waals surface area contributed by atoms with Crippen molar-refractivity contribution in [2.75, 3.05) is 0 Å². The Labute approximate surface area is 255 Å². The van der Waals surface area contributed by atoms with Crippen LogP contribution in [0.25, 0.3) is 71.7 Å². The van der Waals surface area contributed by atoms with Gasteiger partial charge in [-0.15, -0.1) is 0 Å². The summed E-state index contributed by atoms with van der Waals surface area (Å²) in [5.41, 5.74) is 14.2. The highest BCUT2D eigenvalue weighted by Crippen LogP contribution is 2.51. The predicted octanol–water partition coefficient (Wildman–Crippen LogP) is 11.0. The Morgan fingerprint density at radius 3 is 1.48 bits per heavy atom. The average Bonchev–Trinajstić information content (AvgIpc) is 3.61. The monoisotopic (exact) mass is 560 g/mol. The second-order valence-electron chi connectivity index (χ2n) is 12.1. The standard InChI is InChI=1S/C42H28N2/c1-2-12-30-29(11-1)31-23-21-27(43-39-17-7-3-13-33(39)34-14-4-8-18-40(34)43)25-37(31)38-26-28(22-24-32(30)38)44-41-19-9-5-15-35(41)36-16-6-10-20-42(36)44/h1-11,13-26,30H,12H2. The zero-order chi connectivity index (χ0) is 28.8. The minimum absolute atomic E-state index is 0.369. The molecular weight excluding hydrogens is 532 g/mol. The fourth-order valence-corrected chi connectivity index (χ4v) is 7.97. The van der Waals surface area contributed by atoms with Crippen molar-refractivity contribution in [3.63, 3.8) is 0 Å². The third-order valence-corrected chi connectivity index (χ3v) is 9.85. The molecule has 0 saturated carbocycles. The van der Waals surface area contributed by atoms with Gasteiger partial charge < -0.3 is 9.13 Å². The van der Waals surface area contributed by atoms with Crippen molar-refractivity contribution in [3.05, 3.63) is 163 Å². The third kappa shape index (κ3) is 3.20. The van der Waals surface area contributed by atoms with Crippen LogP contribution < -0.4 is 0 Å². The van der Waals surface area contributed by atoms with Crippen molar-refractivity contribution in [2.45, 2.75) is 12.3 Å². The molecule has 10 rings (SSSR count). The van der Waals surface area contributed by atoms with Gasteiger partial charge in [-0.25, -0.2) is 0 Å². The van der Waals surface area contributed by atoms with Crippen molar-refractivity contribution in [2.24, 2.45) is 0 Å². The van der Waals surface area contributed by atoms with Gasteiger partial charge in [-0.05, 0) is 82.8 Å². The molecule has 0 radical (unpaired) electrons. The second-order valence-corrected chi connectivity index (χ2v) is 12.1. The molecule has 1 atom stereocenters. The van der Waals surface area contributed by atoms with Crippen molar-refractivity contribution in [1.82, 2.24) is 9.13 Å². The van der Waals surface area contributed by atoms with Crippen LogP contribution in [0.3, 0.4) is 0 Å². The number of allylic oxidation sites excluding steroid dienone is 4. The lowest BCUT2D eigenvalue weighted by Crippen LogP contribution is -2.13. The van der Waals surface area contributed by atoms with Crippen LogP contribution in [-0.4, -0.2) is 9.13 Å². The van der Waals surface area contributed by atoms with Crippen molar-refractivity contribution in [1.29, 1.82) is 0 Å². The van der Waals surface area contributed by atoms with Crippen molar-refractivity contribution < 1.29 is 0 Å². The van der Waals surface area contributed by atoms with E-state index in [1.807, 2.05) is 0 Å². The molecule has 0 bridgehead atoms. The van der Waals surface area contributed by atoms with Crippen LogP contribution in [0, 0.1) is 0 Å². The van der Waals surface area contributed by atoms with Crippen LogP contribution >= 0.6 is 0 Å². The summed E-state index contributed by atoms with van der Waals surface area (Å²) in [6, 6.07) is 49.4. The van der Waals surface area contributed by atoms with Gasteiger partial charge in [0, 0.05) is 38.8 Å². The van der Waals surface area contributed by atoms with E-state index in [9.17, 15) is 0 Å². The van der Waals surface area contributed by atoms with Gasteiger partial charge in [-0.3, -0.25) is 0 Å². The van der Waals surface area contributed by atoms with Crippen LogP contribution in [0.4, 0.5) is 0 Å². The van der Waals surface area contributed by atoms with Gasteiger partial charge >= 0.3 is 0 Å². The highest BCUT2D eigenvalue weighted by molar-refractivity contribution is 6.10. The summed E-state index contributed by atoms with van der Waals surface area (Å²) < 4.78 is 4.87. The number of aromatic nitrogens is 2. The van der Waals surface area contributed by atoms with Crippen LogP contribution in [0.1, 0.15) is 23.5 Å². The summed E-state index contributed by atoms with van der Waals surface area (Å²) in [5.74, 6) is 0.369. The van der Waals surface area contributed by atoms with Crippen molar-refractivity contribution in [3.8, 4) is 22.5 Å². The zero-order valence-corrected chi connectivity index (χ0v) is 24.1. The van der Waals surface area contributed by atoms with E-state index in [0.717, 1.165) is 6.42 Å². The van der Waals surface area contributed by atoms with E-state index in [0.29, 0.717) is 5.92 Å². The van der Waals surface area contributed by atoms with Crippen LogP contribution in [-0.2, 0) is 0 Å². The maximum Gasteiger partial charge on any atom is 0.0541 e. The lowest BCUT2D eigenvalue weighted by Gasteiger charge is -2.32. The first-order chi connectivity index (χ1) is 21.8. The Morgan fingerprint density at radius 1 is 0.455 bits per heavy atom. The first-order valence-electron chi connectivity index (χ1n) is 15.5. The highest BCUT2D eigenvalue weighted by Gasteiger charge is 2.30. The lowest BCUT2D eigenvalue weighted by molar-refractivity contribution is 0.867. The smallest absolute Gasteiger partial charge is 0.0541 e. The van der Waals surface area contributed by atoms with Gasteiger partial charge in [0.05, 0.1) is 22.1 Å². The van der Waals surface area contributed by atoms with E-state index < -0.39 is 0 Å². The molecule has 0 aliphatic heterocycles. The van der Waals surface area contributed by atoms with E-state index in [2.05, 4.69) is 161 Å². The summed E-state index contributed by atoms with van der Waals surface area (Å²) in [4.78, 5) is 0. The molecular formula is C42H28N2. The molecule has 206 valence electrons. The van der Waals surface area contributed by atoms with E-state index in [1.54, 1.807) is 0 Å². The van der Waals surface area contributed by atoms with Crippen LogP contribution in [0.2, 0.25) is 0 Å². The molecule has 2 heterocycles. The summed E-state index contributed by atoms with van der Waals surface area (Å²) in [6.45, 7) is 0. The minimum Gasteiger partial charge on any atom is -0.309 e. The molecule has 0 N–H and O–H groups in total. The number of hydrogen-bond donors (Lipinski definition) is 0. The Bertz CT molecular complexity index is 2430. The summed E-state index contributed by atoms with van der Waals surface area (Å²) in [7, 11) is 0. The molecule has 0 spiro atoms. The van der Waals surface area contributed by atoms with E-state index >= 15 is 0 Å². The number of benzene rings is 6. The van der Waals surface area contributed by atoms with E-state index in [-0.39, 0.29) is 0 Å². The summed E-state index contributed by atoms with van der Waals surface area (Å²) in [5, 5.41) is 5.15. The second kappa shape index (κ2) is 8.95. The van der Waals surface area contributed by atoms with Gasteiger partial charge in [0.2, 0.25) is 0 Å². The first-order valence-corrected chi connectivity index (χ1v) is 15.5. The first kappa shape index (κ1) is 23.9. The molecule has 2 aliphatic carbocycles. The Morgan fingerprint density at radius 2 is 0.932 bits per heavy atom. The van der Waals surface area contributed by atoms with Crippen molar-refractivity contribution >= 4 is 49.2 Å². The predicted molar refractivity (Wildman–Crippen MR) is 185 cm³/mol. The molecule has 44 heavy (non-hydrogen) atoms. The molecule has 2 nitrogen and oxygen atoms in total. The summed E-state index contributed by atoms with van der Waals surface area (Å²) >= 11 is 0. The van der Waals surface area contributed by atoms with Gasteiger partial charge in [-0.1, -0.05) is 103 Å². The average molecular weight is 561 g/mol. The molecule has 1 unspecified atom stereocenters. The molecule has 6 aromatic carbocycles. The Hall–Kier alpha value is -5.60. The number of nitrogens with zero attached hydrogens (tertiary/aromatic N) is 2. The SMILES string of the molecule is C1=CCC2C(=C1)c1ccc(-n3c4ccccc4c4ccccc43)cc1-c1cc(-n3c4ccccc4c4ccccc43)ccc12. The molecule has 2 aliphatic rings. The van der Waals surface area contributed by atoms with Crippen LogP contribution in [0.15, 0.2) is 152 Å². The number of fused-ring (bicyclic) bond motifs is 12. The van der Waals surface area contributed by atoms with Gasteiger partial charge in [0.1, 0.15) is 0 Å². The molecule has 0 saturated heterocycles. The zero-order valence-electron chi connectivity index (χ0n) is 24.1. The molecule has 2 aromatic heterocycles. The molecule has 0 amide bonds. The van der Waals surface area contributed by atoms with Gasteiger partial charge in [-0.2, -0.15) is 0 Å². The number of para-hydroxylation sites is 4. The maximum absolute atomic E-state index is 2.44. The van der Waals surface area contributed by atoms with E-state index in [4.69, 9.17) is 0 Å². The topological polar surface area (TPSA) is 9.86 Å². The van der Waals surface area contributed by atoms with Gasteiger partial charge in [0.15, 0.2) is 0 Å². The van der Waals surface area contributed by atoms with E-state index in [1.165, 1.54) is 82.8 Å². The third-order valence-electron chi connectivity index (χ3n) is 9.85. The maximum atomic E-state index is 2.44. The van der Waals surface area contributed by atoms with Gasteiger partial charge in [0.25, 0.3) is 0 Å². The molecule has 8 aromatic rings. The fraction of sp³-hybridized carbons (Fsp3) is 0.0476. The van der Waals surface area contributed by atoms with Crippen LogP contribution in [0.5, 0.6) is 0 Å². The quantitative estimate of drug-likeness (QED) is 0.199.